The number of esters is 1. The number of hydrogen-bond donors (Lipinski definition) is 1. The number of imidazole rings is 1. The molecule has 0 saturated carbocycles. The van der Waals surface area contributed by atoms with Crippen LogP contribution in [0, 0.1) is 0 Å². The number of benzene rings is 2. The van der Waals surface area contributed by atoms with Crippen LogP contribution in [-0.4, -0.2) is 41.7 Å². The van der Waals surface area contributed by atoms with Crippen LogP contribution in [0.3, 0.4) is 0 Å². The Morgan fingerprint density at radius 1 is 1.06 bits per heavy atom. The molecule has 0 radical (unpaired) electrons. The van der Waals surface area contributed by atoms with Crippen LogP contribution in [0.1, 0.15) is 42.4 Å². The lowest BCUT2D eigenvalue weighted by molar-refractivity contribution is -0.143. The molecule has 7 nitrogen and oxygen atoms in total. The zero-order valence-corrected chi connectivity index (χ0v) is 18.1. The van der Waals surface area contributed by atoms with Crippen molar-refractivity contribution in [2.24, 2.45) is 0 Å². The van der Waals surface area contributed by atoms with E-state index in [9.17, 15) is 9.59 Å². The van der Waals surface area contributed by atoms with E-state index >= 15 is 0 Å². The van der Waals surface area contributed by atoms with Crippen molar-refractivity contribution >= 4 is 22.9 Å². The van der Waals surface area contributed by atoms with Crippen molar-refractivity contribution < 1.29 is 19.1 Å². The number of nitrogens with one attached hydrogen (secondary N) is 1. The smallest absolute Gasteiger partial charge is 0.326 e. The second-order valence-corrected chi connectivity index (χ2v) is 7.21. The van der Waals surface area contributed by atoms with E-state index < -0.39 is 0 Å². The summed E-state index contributed by atoms with van der Waals surface area (Å²) in [6.45, 7) is 2.94. The fraction of sp³-hybridized carbons (Fsp3) is 0.375. The number of hydrogen-bond acceptors (Lipinski definition) is 5. The van der Waals surface area contributed by atoms with Crippen LogP contribution in [0.25, 0.3) is 11.0 Å². The third kappa shape index (κ3) is 6.07. The van der Waals surface area contributed by atoms with Gasteiger partial charge in [-0.15, -0.1) is 0 Å². The maximum absolute atomic E-state index is 12.2. The molecular weight excluding hydrogens is 394 g/mol. The summed E-state index contributed by atoms with van der Waals surface area (Å²) in [4.78, 5) is 29.0. The van der Waals surface area contributed by atoms with Gasteiger partial charge >= 0.3 is 5.97 Å². The summed E-state index contributed by atoms with van der Waals surface area (Å²) >= 11 is 0. The van der Waals surface area contributed by atoms with Gasteiger partial charge in [0.1, 0.15) is 18.1 Å². The van der Waals surface area contributed by atoms with Gasteiger partial charge in [-0.2, -0.15) is 0 Å². The fourth-order valence-electron chi connectivity index (χ4n) is 3.48. The molecule has 0 unspecified atom stereocenters. The van der Waals surface area contributed by atoms with Gasteiger partial charge in [0.2, 0.25) is 0 Å². The number of amides is 1. The summed E-state index contributed by atoms with van der Waals surface area (Å²) in [5.41, 5.74) is 2.41. The molecule has 0 aliphatic rings. The molecule has 1 aromatic heterocycles. The van der Waals surface area contributed by atoms with Crippen molar-refractivity contribution in [2.75, 3.05) is 20.3 Å². The molecule has 0 bridgehead atoms. The largest absolute Gasteiger partial charge is 0.497 e. The standard InChI is InChI=1S/C24H29N3O4/c1-3-31-23(28)17-27-21-13-7-6-12-20(21)26-22(27)14-5-4-8-15-25-24(29)18-10-9-11-19(16-18)30-2/h6-7,9-13,16H,3-5,8,14-15,17H2,1-2H3,(H,25,29). The number of nitrogens with zero attached hydrogens (tertiary/aromatic N) is 2. The summed E-state index contributed by atoms with van der Waals surface area (Å²) in [6, 6.07) is 14.9. The van der Waals surface area contributed by atoms with E-state index in [1.54, 1.807) is 32.2 Å². The first kappa shape index (κ1) is 22.3. The minimum absolute atomic E-state index is 0.102. The molecule has 7 heteroatoms. The van der Waals surface area contributed by atoms with Crippen LogP contribution < -0.4 is 10.1 Å². The molecule has 164 valence electrons. The first-order valence-electron chi connectivity index (χ1n) is 10.6. The highest BCUT2D eigenvalue weighted by molar-refractivity contribution is 5.94. The maximum atomic E-state index is 12.2. The number of rotatable bonds is 11. The average Bonchev–Trinajstić information content (AvgIpc) is 3.13. The Morgan fingerprint density at radius 3 is 2.71 bits per heavy atom. The number of para-hydroxylation sites is 2. The van der Waals surface area contributed by atoms with E-state index in [1.807, 2.05) is 34.9 Å². The molecule has 0 fully saturated rings. The molecule has 3 rings (SSSR count). The first-order valence-corrected chi connectivity index (χ1v) is 10.6. The number of carbonyl (C=O) groups excluding carboxylic acids is 2. The molecule has 0 atom stereocenters. The zero-order valence-electron chi connectivity index (χ0n) is 18.1. The van der Waals surface area contributed by atoms with Gasteiger partial charge in [0.15, 0.2) is 0 Å². The number of unbranched alkanes of at least 4 members (excludes halogenated alkanes) is 2. The fourth-order valence-corrected chi connectivity index (χ4v) is 3.48. The summed E-state index contributed by atoms with van der Waals surface area (Å²) in [6.07, 6.45) is 3.49. The number of fused-ring (bicyclic) bond motifs is 1. The Labute approximate surface area is 182 Å². The van der Waals surface area contributed by atoms with Crippen LogP contribution in [-0.2, 0) is 22.5 Å². The highest BCUT2D eigenvalue weighted by atomic mass is 16.5. The highest BCUT2D eigenvalue weighted by Crippen LogP contribution is 2.18. The third-order valence-electron chi connectivity index (χ3n) is 5.02. The van der Waals surface area contributed by atoms with Gasteiger partial charge in [0, 0.05) is 18.5 Å². The summed E-state index contributed by atoms with van der Waals surface area (Å²) in [5.74, 6) is 1.19. The molecule has 0 aliphatic heterocycles. The molecule has 0 aliphatic carbocycles. The van der Waals surface area contributed by atoms with Crippen LogP contribution >= 0.6 is 0 Å². The Hall–Kier alpha value is -3.35. The second-order valence-electron chi connectivity index (χ2n) is 7.21. The van der Waals surface area contributed by atoms with Gasteiger partial charge in [-0.05, 0) is 50.1 Å². The minimum atomic E-state index is -0.257. The number of aromatic nitrogens is 2. The predicted octanol–water partition coefficient (Wildman–Crippen LogP) is 3.75. The minimum Gasteiger partial charge on any atom is -0.497 e. The Balaban J connectivity index is 1.49. The first-order chi connectivity index (χ1) is 15.1. The number of carbonyl (C=O) groups is 2. The van der Waals surface area contributed by atoms with Crippen LogP contribution in [0.2, 0.25) is 0 Å². The van der Waals surface area contributed by atoms with E-state index in [0.717, 1.165) is 42.5 Å². The van der Waals surface area contributed by atoms with E-state index in [-0.39, 0.29) is 18.4 Å². The van der Waals surface area contributed by atoms with E-state index in [4.69, 9.17) is 14.5 Å². The average molecular weight is 424 g/mol. The molecule has 1 N–H and O–H groups in total. The monoisotopic (exact) mass is 423 g/mol. The van der Waals surface area contributed by atoms with Crippen LogP contribution in [0.15, 0.2) is 48.5 Å². The second kappa shape index (κ2) is 11.2. The van der Waals surface area contributed by atoms with Crippen molar-refractivity contribution in [3.8, 4) is 5.75 Å². The number of ether oxygens (including phenoxy) is 2. The molecule has 1 amide bonds. The lowest BCUT2D eigenvalue weighted by Gasteiger charge is -2.09. The van der Waals surface area contributed by atoms with Crippen molar-refractivity contribution in [3.05, 3.63) is 59.9 Å². The van der Waals surface area contributed by atoms with E-state index in [2.05, 4.69) is 5.32 Å². The number of aryl methyl sites for hydroxylation is 1. The van der Waals surface area contributed by atoms with Gasteiger partial charge < -0.3 is 19.4 Å². The van der Waals surface area contributed by atoms with Crippen LogP contribution in [0.4, 0.5) is 0 Å². The number of methoxy groups -OCH3 is 1. The molecule has 3 aromatic rings. The molecule has 0 saturated heterocycles. The predicted molar refractivity (Wildman–Crippen MR) is 119 cm³/mol. The molecular formula is C24H29N3O4. The molecule has 0 spiro atoms. The SMILES string of the molecule is CCOC(=O)Cn1c(CCCCCNC(=O)c2cccc(OC)c2)nc2ccccc21. The topological polar surface area (TPSA) is 82.5 Å². The summed E-state index contributed by atoms with van der Waals surface area (Å²) in [7, 11) is 1.58. The zero-order chi connectivity index (χ0) is 22.1. The maximum Gasteiger partial charge on any atom is 0.326 e. The quantitative estimate of drug-likeness (QED) is 0.375. The van der Waals surface area contributed by atoms with E-state index in [0.29, 0.717) is 24.5 Å². The van der Waals surface area contributed by atoms with Gasteiger partial charge in [0.25, 0.3) is 5.91 Å². The molecule has 1 heterocycles. The van der Waals surface area contributed by atoms with Crippen molar-refractivity contribution in [1.82, 2.24) is 14.9 Å². The third-order valence-corrected chi connectivity index (χ3v) is 5.02. The van der Waals surface area contributed by atoms with Gasteiger partial charge in [0.05, 0.1) is 24.8 Å². The lowest BCUT2D eigenvalue weighted by Crippen LogP contribution is -2.24. The molecule has 2 aromatic carbocycles. The Bertz CT molecular complexity index is 1030. The molecule has 31 heavy (non-hydrogen) atoms. The normalized spacial score (nSPS) is 10.8. The van der Waals surface area contributed by atoms with Gasteiger partial charge in [-0.25, -0.2) is 4.98 Å². The Morgan fingerprint density at radius 2 is 1.90 bits per heavy atom. The van der Waals surface area contributed by atoms with Crippen molar-refractivity contribution in [3.63, 3.8) is 0 Å². The highest BCUT2D eigenvalue weighted by Gasteiger charge is 2.14. The van der Waals surface area contributed by atoms with E-state index in [1.165, 1.54) is 0 Å². The summed E-state index contributed by atoms with van der Waals surface area (Å²) in [5, 5.41) is 2.95. The Kier molecular flexibility index (Phi) is 8.04. The van der Waals surface area contributed by atoms with Crippen LogP contribution in [0.5, 0.6) is 5.75 Å². The lowest BCUT2D eigenvalue weighted by atomic mass is 10.1. The van der Waals surface area contributed by atoms with Gasteiger partial charge in [-0.3, -0.25) is 9.59 Å². The summed E-state index contributed by atoms with van der Waals surface area (Å²) < 4.78 is 12.2. The van der Waals surface area contributed by atoms with Crippen molar-refractivity contribution in [2.45, 2.75) is 39.2 Å². The van der Waals surface area contributed by atoms with Crippen molar-refractivity contribution in [1.29, 1.82) is 0 Å². The van der Waals surface area contributed by atoms with Gasteiger partial charge in [-0.1, -0.05) is 24.6 Å².